The first kappa shape index (κ1) is 14.4. The molecule has 21 heavy (non-hydrogen) atoms. The lowest BCUT2D eigenvalue weighted by atomic mass is 10.0. The lowest BCUT2D eigenvalue weighted by molar-refractivity contribution is 0.586. The van der Waals surface area contributed by atoms with Crippen molar-refractivity contribution in [2.24, 2.45) is 0 Å². The van der Waals surface area contributed by atoms with Crippen LogP contribution in [0.25, 0.3) is 0 Å². The molecular formula is C16H16ClNO2S. The number of aryl methyl sites for hydroxylation is 1. The summed E-state index contributed by atoms with van der Waals surface area (Å²) < 4.78 is 27.2. The standard InChI is InChI=1S/C16H16ClNO2S/c17-12-13-7-9-15(10-8-13)21(19,20)18-11-3-5-14-4-1-2-6-16(14)18/h1-2,4,6-10H,3,5,11-12H2. The van der Waals surface area contributed by atoms with Gasteiger partial charge < -0.3 is 0 Å². The lowest BCUT2D eigenvalue weighted by Gasteiger charge is -2.30. The fourth-order valence-electron chi connectivity index (χ4n) is 2.63. The lowest BCUT2D eigenvalue weighted by Crippen LogP contribution is -2.35. The predicted octanol–water partition coefficient (Wildman–Crippen LogP) is 3.57. The van der Waals surface area contributed by atoms with Crippen LogP contribution in [0, 0.1) is 0 Å². The molecule has 3 rings (SSSR count). The molecule has 0 amide bonds. The molecule has 110 valence electrons. The average Bonchev–Trinajstić information content (AvgIpc) is 2.54. The molecule has 1 heterocycles. The monoisotopic (exact) mass is 321 g/mol. The van der Waals surface area contributed by atoms with E-state index in [1.54, 1.807) is 24.3 Å². The first-order chi connectivity index (χ1) is 10.1. The average molecular weight is 322 g/mol. The summed E-state index contributed by atoms with van der Waals surface area (Å²) in [4.78, 5) is 0.313. The van der Waals surface area contributed by atoms with Crippen molar-refractivity contribution in [1.82, 2.24) is 0 Å². The van der Waals surface area contributed by atoms with Crippen molar-refractivity contribution >= 4 is 27.3 Å². The Morgan fingerprint density at radius 1 is 1.05 bits per heavy atom. The van der Waals surface area contributed by atoms with Crippen LogP contribution in [0.3, 0.4) is 0 Å². The zero-order valence-corrected chi connectivity index (χ0v) is 13.1. The fourth-order valence-corrected chi connectivity index (χ4v) is 4.35. The Hall–Kier alpha value is -1.52. The molecule has 0 aliphatic carbocycles. The Bertz CT molecular complexity index is 741. The number of rotatable bonds is 3. The van der Waals surface area contributed by atoms with Crippen molar-refractivity contribution in [3.05, 3.63) is 59.7 Å². The number of halogens is 1. The molecule has 0 N–H and O–H groups in total. The highest BCUT2D eigenvalue weighted by Crippen LogP contribution is 2.31. The quantitative estimate of drug-likeness (QED) is 0.810. The number of nitrogens with zero attached hydrogens (tertiary/aromatic N) is 1. The summed E-state index contributed by atoms with van der Waals surface area (Å²) in [5, 5.41) is 0. The second-order valence-electron chi connectivity index (χ2n) is 5.09. The number of para-hydroxylation sites is 1. The molecule has 0 aromatic heterocycles. The second-order valence-corrected chi connectivity index (χ2v) is 7.22. The Morgan fingerprint density at radius 3 is 2.48 bits per heavy atom. The first-order valence-corrected chi connectivity index (χ1v) is 8.86. The third kappa shape index (κ3) is 2.65. The van der Waals surface area contributed by atoms with E-state index >= 15 is 0 Å². The van der Waals surface area contributed by atoms with Gasteiger partial charge in [0.15, 0.2) is 0 Å². The molecule has 5 heteroatoms. The van der Waals surface area contributed by atoms with E-state index in [0.29, 0.717) is 17.3 Å². The van der Waals surface area contributed by atoms with Gasteiger partial charge in [0.2, 0.25) is 0 Å². The van der Waals surface area contributed by atoms with Gasteiger partial charge in [-0.3, -0.25) is 4.31 Å². The van der Waals surface area contributed by atoms with Gasteiger partial charge >= 0.3 is 0 Å². The molecule has 2 aromatic carbocycles. The maximum atomic E-state index is 12.8. The van der Waals surface area contributed by atoms with Crippen LogP contribution in [-0.4, -0.2) is 15.0 Å². The number of hydrogen-bond donors (Lipinski definition) is 0. The SMILES string of the molecule is O=S(=O)(c1ccc(CCl)cc1)N1CCCc2ccccc21. The van der Waals surface area contributed by atoms with Crippen molar-refractivity contribution < 1.29 is 8.42 Å². The highest BCUT2D eigenvalue weighted by atomic mass is 35.5. The van der Waals surface area contributed by atoms with E-state index in [9.17, 15) is 8.42 Å². The van der Waals surface area contributed by atoms with E-state index in [-0.39, 0.29) is 0 Å². The number of anilines is 1. The van der Waals surface area contributed by atoms with Crippen molar-refractivity contribution in [3.63, 3.8) is 0 Å². The third-order valence-corrected chi connectivity index (χ3v) is 5.87. The molecule has 0 atom stereocenters. The molecule has 0 unspecified atom stereocenters. The van der Waals surface area contributed by atoms with Gasteiger partial charge in [-0.1, -0.05) is 30.3 Å². The van der Waals surface area contributed by atoms with Gasteiger partial charge in [0.1, 0.15) is 0 Å². The highest BCUT2D eigenvalue weighted by Gasteiger charge is 2.28. The normalized spacial score (nSPS) is 14.8. The summed E-state index contributed by atoms with van der Waals surface area (Å²) in [6.07, 6.45) is 1.77. The van der Waals surface area contributed by atoms with E-state index < -0.39 is 10.0 Å². The van der Waals surface area contributed by atoms with Gasteiger partial charge in [-0.2, -0.15) is 0 Å². The fraction of sp³-hybridized carbons (Fsp3) is 0.250. The molecule has 1 aliphatic heterocycles. The van der Waals surface area contributed by atoms with Gasteiger partial charge in [-0.25, -0.2) is 8.42 Å². The van der Waals surface area contributed by atoms with Crippen molar-refractivity contribution in [3.8, 4) is 0 Å². The van der Waals surface area contributed by atoms with Crippen LogP contribution in [0.4, 0.5) is 5.69 Å². The van der Waals surface area contributed by atoms with Crippen molar-refractivity contribution in [1.29, 1.82) is 0 Å². The minimum Gasteiger partial charge on any atom is -0.266 e. The molecule has 1 aliphatic rings. The summed E-state index contributed by atoms with van der Waals surface area (Å²) >= 11 is 5.75. The second kappa shape index (κ2) is 5.70. The number of alkyl halides is 1. The van der Waals surface area contributed by atoms with Crippen molar-refractivity contribution in [2.45, 2.75) is 23.6 Å². The first-order valence-electron chi connectivity index (χ1n) is 6.88. The van der Waals surface area contributed by atoms with Crippen LogP contribution < -0.4 is 4.31 Å². The van der Waals surface area contributed by atoms with E-state index in [0.717, 1.165) is 29.7 Å². The third-order valence-electron chi connectivity index (χ3n) is 3.73. The Kier molecular flexibility index (Phi) is 3.91. The van der Waals surface area contributed by atoms with Crippen LogP contribution >= 0.6 is 11.6 Å². The summed E-state index contributed by atoms with van der Waals surface area (Å²) in [6, 6.07) is 14.5. The summed E-state index contributed by atoms with van der Waals surface area (Å²) in [5.74, 6) is 0.382. The van der Waals surface area contributed by atoms with Gasteiger partial charge in [0.05, 0.1) is 10.6 Å². The van der Waals surface area contributed by atoms with Gasteiger partial charge in [-0.15, -0.1) is 11.6 Å². The molecule has 3 nitrogen and oxygen atoms in total. The van der Waals surface area contributed by atoms with E-state index in [1.807, 2.05) is 24.3 Å². The number of sulfonamides is 1. The van der Waals surface area contributed by atoms with E-state index in [1.165, 1.54) is 4.31 Å². The Morgan fingerprint density at radius 2 is 1.76 bits per heavy atom. The molecule has 0 fully saturated rings. The molecule has 0 saturated heterocycles. The zero-order chi connectivity index (χ0) is 14.9. The highest BCUT2D eigenvalue weighted by molar-refractivity contribution is 7.92. The maximum Gasteiger partial charge on any atom is 0.264 e. The number of benzene rings is 2. The number of fused-ring (bicyclic) bond motifs is 1. The minimum atomic E-state index is -3.51. The van der Waals surface area contributed by atoms with Crippen LogP contribution in [0.2, 0.25) is 0 Å². The maximum absolute atomic E-state index is 12.8. The number of hydrogen-bond acceptors (Lipinski definition) is 2. The summed E-state index contributed by atoms with van der Waals surface area (Å²) in [7, 11) is -3.51. The van der Waals surface area contributed by atoms with Gasteiger partial charge in [-0.05, 0) is 42.2 Å². The minimum absolute atomic E-state index is 0.313. The topological polar surface area (TPSA) is 37.4 Å². The summed E-state index contributed by atoms with van der Waals surface area (Å²) in [6.45, 7) is 0.524. The smallest absolute Gasteiger partial charge is 0.264 e. The van der Waals surface area contributed by atoms with Crippen LogP contribution in [0.5, 0.6) is 0 Å². The van der Waals surface area contributed by atoms with Gasteiger partial charge in [0.25, 0.3) is 10.0 Å². The Balaban J connectivity index is 2.02. The van der Waals surface area contributed by atoms with Crippen LogP contribution in [-0.2, 0) is 22.3 Å². The van der Waals surface area contributed by atoms with Crippen LogP contribution in [0.15, 0.2) is 53.4 Å². The van der Waals surface area contributed by atoms with Crippen molar-refractivity contribution in [2.75, 3.05) is 10.8 Å². The zero-order valence-electron chi connectivity index (χ0n) is 11.5. The largest absolute Gasteiger partial charge is 0.266 e. The summed E-state index contributed by atoms with van der Waals surface area (Å²) in [5.41, 5.74) is 2.80. The van der Waals surface area contributed by atoms with Crippen LogP contribution in [0.1, 0.15) is 17.5 Å². The molecule has 2 aromatic rings. The van der Waals surface area contributed by atoms with Gasteiger partial charge in [0, 0.05) is 12.4 Å². The predicted molar refractivity (Wildman–Crippen MR) is 85.3 cm³/mol. The molecule has 0 saturated carbocycles. The molecular weight excluding hydrogens is 306 g/mol. The van der Waals surface area contributed by atoms with E-state index in [2.05, 4.69) is 0 Å². The van der Waals surface area contributed by atoms with E-state index in [4.69, 9.17) is 11.6 Å². The Labute approximate surface area is 130 Å². The molecule has 0 bridgehead atoms. The molecule has 0 radical (unpaired) electrons. The molecule has 0 spiro atoms.